The van der Waals surface area contributed by atoms with Gasteiger partial charge in [0.25, 0.3) is 5.69 Å². The van der Waals surface area contributed by atoms with Crippen LogP contribution in [0.15, 0.2) is 52.0 Å². The molecule has 0 aliphatic carbocycles. The summed E-state index contributed by atoms with van der Waals surface area (Å²) < 4.78 is 6.04. The highest BCUT2D eigenvalue weighted by Crippen LogP contribution is 2.25. The third kappa shape index (κ3) is 5.80. The molecule has 130 valence electrons. The number of rotatable bonds is 6. The number of nitrogens with one attached hydrogen (secondary N) is 2. The first-order valence-corrected chi connectivity index (χ1v) is 8.33. The Bertz CT molecular complexity index is 814. The molecule has 25 heavy (non-hydrogen) atoms. The summed E-state index contributed by atoms with van der Waals surface area (Å²) in [5.74, 6) is 0.756. The minimum absolute atomic E-state index is 0.00901. The first-order chi connectivity index (χ1) is 12.0. The van der Waals surface area contributed by atoms with Gasteiger partial charge in [-0.1, -0.05) is 18.2 Å². The number of nitro groups is 1. The molecule has 2 rings (SSSR count). The second-order valence-electron chi connectivity index (χ2n) is 4.87. The average Bonchev–Trinajstić information content (AvgIpc) is 2.60. The second kappa shape index (κ2) is 9.09. The molecule has 0 amide bonds. The van der Waals surface area contributed by atoms with Gasteiger partial charge in [0.1, 0.15) is 5.75 Å². The third-order valence-corrected chi connectivity index (χ3v) is 3.99. The highest BCUT2D eigenvalue weighted by molar-refractivity contribution is 9.10. The molecule has 0 radical (unpaired) electrons. The molecule has 2 N–H and O–H groups in total. The predicted octanol–water partition coefficient (Wildman–Crippen LogP) is 3.36. The fraction of sp³-hybridized carbons (Fsp3) is 0.125. The van der Waals surface area contributed by atoms with Crippen LogP contribution >= 0.6 is 28.1 Å². The Balaban J connectivity index is 1.85. The maximum Gasteiger partial charge on any atom is 0.270 e. The quantitative estimate of drug-likeness (QED) is 0.321. The van der Waals surface area contributed by atoms with Crippen LogP contribution in [0.1, 0.15) is 11.1 Å². The normalized spacial score (nSPS) is 10.5. The van der Waals surface area contributed by atoms with Gasteiger partial charge in [0, 0.05) is 24.2 Å². The van der Waals surface area contributed by atoms with Crippen LogP contribution in [0.25, 0.3) is 0 Å². The molecule has 0 aliphatic heterocycles. The van der Waals surface area contributed by atoms with Gasteiger partial charge in [-0.2, -0.15) is 5.10 Å². The summed E-state index contributed by atoms with van der Waals surface area (Å²) in [5, 5.41) is 18.0. The average molecular weight is 423 g/mol. The summed E-state index contributed by atoms with van der Waals surface area (Å²) in [6.45, 7) is 0.515. The fourth-order valence-corrected chi connectivity index (χ4v) is 2.64. The Hall–Kier alpha value is -2.52. The third-order valence-electron chi connectivity index (χ3n) is 3.13. The van der Waals surface area contributed by atoms with Gasteiger partial charge < -0.3 is 10.1 Å². The molecule has 0 heterocycles. The van der Waals surface area contributed by atoms with Crippen LogP contribution in [-0.2, 0) is 6.54 Å². The largest absolute Gasteiger partial charge is 0.496 e. The van der Waals surface area contributed by atoms with Crippen LogP contribution in [0.4, 0.5) is 5.69 Å². The van der Waals surface area contributed by atoms with E-state index in [1.54, 1.807) is 19.2 Å². The van der Waals surface area contributed by atoms with E-state index in [0.717, 1.165) is 15.8 Å². The lowest BCUT2D eigenvalue weighted by Gasteiger charge is -2.09. The molecule has 9 heteroatoms. The van der Waals surface area contributed by atoms with Crippen molar-refractivity contribution in [2.45, 2.75) is 6.54 Å². The predicted molar refractivity (Wildman–Crippen MR) is 104 cm³/mol. The molecule has 0 fully saturated rings. The number of methoxy groups -OCH3 is 1. The summed E-state index contributed by atoms with van der Waals surface area (Å²) >= 11 is 8.56. The maximum absolute atomic E-state index is 10.7. The summed E-state index contributed by atoms with van der Waals surface area (Å²) in [4.78, 5) is 10.3. The summed E-state index contributed by atoms with van der Waals surface area (Å²) in [5.41, 5.74) is 4.29. The fourth-order valence-electron chi connectivity index (χ4n) is 1.93. The Labute approximate surface area is 158 Å². The van der Waals surface area contributed by atoms with E-state index in [4.69, 9.17) is 17.0 Å². The van der Waals surface area contributed by atoms with Crippen molar-refractivity contribution < 1.29 is 9.66 Å². The Morgan fingerprint density at radius 1 is 1.40 bits per heavy atom. The zero-order valence-corrected chi connectivity index (χ0v) is 15.6. The lowest BCUT2D eigenvalue weighted by atomic mass is 10.2. The second-order valence-corrected chi connectivity index (χ2v) is 6.14. The van der Waals surface area contributed by atoms with E-state index in [2.05, 4.69) is 31.8 Å². The Kier molecular flexibility index (Phi) is 6.84. The smallest absolute Gasteiger partial charge is 0.270 e. The lowest BCUT2D eigenvalue weighted by Crippen LogP contribution is -2.31. The summed E-state index contributed by atoms with van der Waals surface area (Å²) in [7, 11) is 1.61. The van der Waals surface area contributed by atoms with Gasteiger partial charge in [0.15, 0.2) is 5.11 Å². The molecule has 0 spiro atoms. The van der Waals surface area contributed by atoms with Crippen molar-refractivity contribution in [3.63, 3.8) is 0 Å². The number of hydrogen-bond donors (Lipinski definition) is 2. The van der Waals surface area contributed by atoms with Crippen LogP contribution in [0.5, 0.6) is 5.75 Å². The number of nitro benzene ring substituents is 1. The van der Waals surface area contributed by atoms with Gasteiger partial charge in [-0.05, 0) is 45.8 Å². The van der Waals surface area contributed by atoms with Gasteiger partial charge >= 0.3 is 0 Å². The SMILES string of the molecule is COc1ccc(CNC(=S)N/N=C\c2cccc([N+](=O)[O-])c2)cc1Br. The molecule has 2 aromatic carbocycles. The van der Waals surface area contributed by atoms with Crippen molar-refractivity contribution >= 4 is 45.2 Å². The van der Waals surface area contributed by atoms with Crippen molar-refractivity contribution in [3.05, 3.63) is 68.2 Å². The molecule has 0 unspecified atom stereocenters. The first kappa shape index (κ1) is 18.8. The van der Waals surface area contributed by atoms with E-state index in [1.165, 1.54) is 18.3 Å². The number of benzene rings is 2. The standard InChI is InChI=1S/C16H15BrN4O3S/c1-24-15-6-5-12(8-14(15)17)9-18-16(25)20-19-10-11-3-2-4-13(7-11)21(22)23/h2-8,10H,9H2,1H3,(H2,18,20,25)/b19-10-. The van der Waals surface area contributed by atoms with E-state index in [-0.39, 0.29) is 5.69 Å². The first-order valence-electron chi connectivity index (χ1n) is 7.13. The summed E-state index contributed by atoms with van der Waals surface area (Å²) in [6, 6.07) is 11.9. The number of thiocarbonyl (C=S) groups is 1. The molecule has 0 aliphatic rings. The van der Waals surface area contributed by atoms with Gasteiger partial charge in [-0.15, -0.1) is 0 Å². The van der Waals surface area contributed by atoms with Crippen LogP contribution in [0.2, 0.25) is 0 Å². The zero-order chi connectivity index (χ0) is 18.2. The molecule has 0 saturated heterocycles. The van der Waals surface area contributed by atoms with Crippen molar-refractivity contribution in [2.24, 2.45) is 5.10 Å². The lowest BCUT2D eigenvalue weighted by molar-refractivity contribution is -0.384. The Morgan fingerprint density at radius 2 is 2.20 bits per heavy atom. The van der Waals surface area contributed by atoms with E-state index in [1.807, 2.05) is 18.2 Å². The van der Waals surface area contributed by atoms with Crippen molar-refractivity contribution in [3.8, 4) is 5.75 Å². The van der Waals surface area contributed by atoms with E-state index >= 15 is 0 Å². The number of nitrogens with zero attached hydrogens (tertiary/aromatic N) is 2. The maximum atomic E-state index is 10.7. The number of hydrazone groups is 1. The van der Waals surface area contributed by atoms with Gasteiger partial charge in [-0.3, -0.25) is 15.5 Å². The minimum Gasteiger partial charge on any atom is -0.496 e. The monoisotopic (exact) mass is 422 g/mol. The van der Waals surface area contributed by atoms with Crippen LogP contribution in [0, 0.1) is 10.1 Å². The molecule has 2 aromatic rings. The minimum atomic E-state index is -0.454. The number of halogens is 1. The molecule has 7 nitrogen and oxygen atoms in total. The number of non-ortho nitro benzene ring substituents is 1. The van der Waals surface area contributed by atoms with Crippen LogP contribution in [0.3, 0.4) is 0 Å². The van der Waals surface area contributed by atoms with Gasteiger partial charge in [-0.25, -0.2) is 0 Å². The Morgan fingerprint density at radius 3 is 2.88 bits per heavy atom. The van der Waals surface area contributed by atoms with Crippen molar-refractivity contribution in [1.82, 2.24) is 10.7 Å². The molecule has 0 saturated carbocycles. The van der Waals surface area contributed by atoms with Crippen LogP contribution in [-0.4, -0.2) is 23.4 Å². The van der Waals surface area contributed by atoms with E-state index in [0.29, 0.717) is 17.2 Å². The number of hydrogen-bond acceptors (Lipinski definition) is 5. The molecule has 0 bridgehead atoms. The topological polar surface area (TPSA) is 88.8 Å². The van der Waals surface area contributed by atoms with E-state index in [9.17, 15) is 10.1 Å². The van der Waals surface area contributed by atoms with Crippen LogP contribution < -0.4 is 15.5 Å². The van der Waals surface area contributed by atoms with Gasteiger partial charge in [0.05, 0.1) is 22.7 Å². The highest BCUT2D eigenvalue weighted by Gasteiger charge is 2.04. The van der Waals surface area contributed by atoms with E-state index < -0.39 is 4.92 Å². The molecular formula is C16H15BrN4O3S. The van der Waals surface area contributed by atoms with Crippen molar-refractivity contribution in [2.75, 3.05) is 7.11 Å². The van der Waals surface area contributed by atoms with Crippen molar-refractivity contribution in [1.29, 1.82) is 0 Å². The molecular weight excluding hydrogens is 408 g/mol. The zero-order valence-electron chi connectivity index (χ0n) is 13.2. The molecule has 0 atom stereocenters. The highest BCUT2D eigenvalue weighted by atomic mass is 79.9. The molecule has 0 aromatic heterocycles. The summed E-state index contributed by atoms with van der Waals surface area (Å²) in [6.07, 6.45) is 1.46. The number of ether oxygens (including phenoxy) is 1. The van der Waals surface area contributed by atoms with Gasteiger partial charge in [0.2, 0.25) is 0 Å².